The van der Waals surface area contributed by atoms with Crippen molar-refractivity contribution < 1.29 is 0 Å². The summed E-state index contributed by atoms with van der Waals surface area (Å²) in [6.07, 6.45) is 1.25. The third-order valence-corrected chi connectivity index (χ3v) is 4.38. The Morgan fingerprint density at radius 2 is 1.88 bits per heavy atom. The van der Waals surface area contributed by atoms with Crippen LogP contribution in [0.15, 0.2) is 24.3 Å². The zero-order valence-electron chi connectivity index (χ0n) is 10.8. The van der Waals surface area contributed by atoms with Crippen LogP contribution in [0.25, 0.3) is 0 Å². The van der Waals surface area contributed by atoms with E-state index in [-0.39, 0.29) is 0 Å². The van der Waals surface area contributed by atoms with E-state index in [9.17, 15) is 0 Å². The second kappa shape index (κ2) is 6.97. The third kappa shape index (κ3) is 4.18. The van der Waals surface area contributed by atoms with Gasteiger partial charge in [0.15, 0.2) is 0 Å². The van der Waals surface area contributed by atoms with Crippen LogP contribution in [-0.2, 0) is 0 Å². The van der Waals surface area contributed by atoms with Gasteiger partial charge < -0.3 is 5.32 Å². The lowest BCUT2D eigenvalue weighted by Crippen LogP contribution is -2.19. The van der Waals surface area contributed by atoms with Gasteiger partial charge in [-0.3, -0.25) is 0 Å². The summed E-state index contributed by atoms with van der Waals surface area (Å²) in [6.45, 7) is 6.68. The molecule has 1 aromatic rings. The number of rotatable bonds is 6. The topological polar surface area (TPSA) is 12.0 Å². The van der Waals surface area contributed by atoms with E-state index in [1.54, 1.807) is 0 Å². The van der Waals surface area contributed by atoms with Crippen molar-refractivity contribution in [1.82, 2.24) is 5.32 Å². The van der Waals surface area contributed by atoms with Crippen molar-refractivity contribution in [3.05, 3.63) is 35.4 Å². The average molecular weight is 237 g/mol. The highest BCUT2D eigenvalue weighted by atomic mass is 32.2. The molecule has 0 aliphatic rings. The Morgan fingerprint density at radius 3 is 2.38 bits per heavy atom. The predicted octanol–water partition coefficient (Wildman–Crippen LogP) is 3.79. The van der Waals surface area contributed by atoms with Crippen LogP contribution >= 0.6 is 11.8 Å². The standard InChI is InChI=1S/C14H23NS/c1-5-12(3)16-10-14(15-4)13-8-6-11(2)7-9-13/h6-9,12,14-15H,5,10H2,1-4H3. The fourth-order valence-corrected chi connectivity index (χ4v) is 2.64. The largest absolute Gasteiger partial charge is 0.312 e. The lowest BCUT2D eigenvalue weighted by molar-refractivity contribution is 0.660. The van der Waals surface area contributed by atoms with E-state index >= 15 is 0 Å². The van der Waals surface area contributed by atoms with E-state index in [1.165, 1.54) is 17.5 Å². The Morgan fingerprint density at radius 1 is 1.25 bits per heavy atom. The molecule has 1 nitrogen and oxygen atoms in total. The van der Waals surface area contributed by atoms with Crippen LogP contribution in [0.2, 0.25) is 0 Å². The van der Waals surface area contributed by atoms with Crippen LogP contribution in [0.1, 0.15) is 37.4 Å². The van der Waals surface area contributed by atoms with Gasteiger partial charge in [-0.1, -0.05) is 43.7 Å². The van der Waals surface area contributed by atoms with Crippen molar-refractivity contribution in [2.45, 2.75) is 38.5 Å². The molecule has 0 fully saturated rings. The summed E-state index contributed by atoms with van der Waals surface area (Å²) >= 11 is 2.05. The van der Waals surface area contributed by atoms with Gasteiger partial charge in [0.2, 0.25) is 0 Å². The fourth-order valence-electron chi connectivity index (χ4n) is 1.52. The molecule has 0 aliphatic carbocycles. The first-order valence-corrected chi connectivity index (χ1v) is 7.07. The van der Waals surface area contributed by atoms with Gasteiger partial charge >= 0.3 is 0 Å². The summed E-state index contributed by atoms with van der Waals surface area (Å²) in [5.41, 5.74) is 2.72. The van der Waals surface area contributed by atoms with E-state index < -0.39 is 0 Å². The molecule has 0 amide bonds. The van der Waals surface area contributed by atoms with E-state index in [1.807, 2.05) is 18.8 Å². The molecule has 1 aromatic carbocycles. The summed E-state index contributed by atoms with van der Waals surface area (Å²) in [5.74, 6) is 1.15. The van der Waals surface area contributed by atoms with Crippen LogP contribution in [-0.4, -0.2) is 18.1 Å². The third-order valence-electron chi connectivity index (χ3n) is 2.95. The van der Waals surface area contributed by atoms with Crippen molar-refractivity contribution in [2.75, 3.05) is 12.8 Å². The molecule has 1 rings (SSSR count). The van der Waals surface area contributed by atoms with E-state index in [0.29, 0.717) is 6.04 Å². The smallest absolute Gasteiger partial charge is 0.0409 e. The first-order valence-electron chi connectivity index (χ1n) is 6.02. The molecule has 0 spiro atoms. The fraction of sp³-hybridized carbons (Fsp3) is 0.571. The van der Waals surface area contributed by atoms with Crippen LogP contribution in [0, 0.1) is 6.92 Å². The molecular weight excluding hydrogens is 214 g/mol. The monoisotopic (exact) mass is 237 g/mol. The molecule has 90 valence electrons. The van der Waals surface area contributed by atoms with Gasteiger partial charge in [-0.25, -0.2) is 0 Å². The molecule has 0 saturated heterocycles. The van der Waals surface area contributed by atoms with Crippen molar-refractivity contribution in [3.63, 3.8) is 0 Å². The predicted molar refractivity (Wildman–Crippen MR) is 75.2 cm³/mol. The van der Waals surface area contributed by atoms with Crippen molar-refractivity contribution in [2.24, 2.45) is 0 Å². The second-order valence-corrected chi connectivity index (χ2v) is 5.78. The average Bonchev–Trinajstić information content (AvgIpc) is 2.31. The van der Waals surface area contributed by atoms with Crippen molar-refractivity contribution in [1.29, 1.82) is 0 Å². The van der Waals surface area contributed by atoms with Crippen LogP contribution in [0.3, 0.4) is 0 Å². The van der Waals surface area contributed by atoms with Gasteiger partial charge in [-0.2, -0.15) is 11.8 Å². The maximum Gasteiger partial charge on any atom is 0.0409 e. The Kier molecular flexibility index (Phi) is 5.93. The van der Waals surface area contributed by atoms with Crippen LogP contribution in [0.4, 0.5) is 0 Å². The number of hydrogen-bond donors (Lipinski definition) is 1. The van der Waals surface area contributed by atoms with Gasteiger partial charge in [0.05, 0.1) is 0 Å². The van der Waals surface area contributed by atoms with Crippen molar-refractivity contribution >= 4 is 11.8 Å². The Bertz CT molecular complexity index is 294. The number of thioether (sulfide) groups is 1. The number of hydrogen-bond acceptors (Lipinski definition) is 2. The van der Waals surface area contributed by atoms with Gasteiger partial charge in [0, 0.05) is 17.0 Å². The van der Waals surface area contributed by atoms with E-state index in [4.69, 9.17) is 0 Å². The van der Waals surface area contributed by atoms with E-state index in [2.05, 4.69) is 50.4 Å². The molecule has 0 aromatic heterocycles. The van der Waals surface area contributed by atoms with Gasteiger partial charge in [-0.05, 0) is 26.0 Å². The lowest BCUT2D eigenvalue weighted by atomic mass is 10.1. The molecule has 16 heavy (non-hydrogen) atoms. The first-order chi connectivity index (χ1) is 7.67. The van der Waals surface area contributed by atoms with Crippen molar-refractivity contribution in [3.8, 4) is 0 Å². The molecule has 2 unspecified atom stereocenters. The molecule has 1 N–H and O–H groups in total. The lowest BCUT2D eigenvalue weighted by Gasteiger charge is -2.18. The summed E-state index contributed by atoms with van der Waals surface area (Å²) < 4.78 is 0. The maximum atomic E-state index is 3.40. The Labute approximate surface area is 104 Å². The normalized spacial score (nSPS) is 14.8. The maximum absolute atomic E-state index is 3.40. The number of benzene rings is 1. The van der Waals surface area contributed by atoms with Crippen LogP contribution in [0.5, 0.6) is 0 Å². The molecule has 0 heterocycles. The second-order valence-electron chi connectivity index (χ2n) is 4.30. The first kappa shape index (κ1) is 13.6. The minimum absolute atomic E-state index is 0.472. The zero-order valence-corrected chi connectivity index (χ0v) is 11.6. The molecule has 2 heteroatoms. The summed E-state index contributed by atoms with van der Waals surface area (Å²) in [5, 5.41) is 4.15. The van der Waals surface area contributed by atoms with Gasteiger partial charge in [0.1, 0.15) is 0 Å². The Balaban J connectivity index is 2.57. The summed E-state index contributed by atoms with van der Waals surface area (Å²) in [7, 11) is 2.04. The highest BCUT2D eigenvalue weighted by molar-refractivity contribution is 7.99. The summed E-state index contributed by atoms with van der Waals surface area (Å²) in [6, 6.07) is 9.31. The number of nitrogens with one attached hydrogen (secondary N) is 1. The number of aryl methyl sites for hydroxylation is 1. The molecule has 2 atom stereocenters. The molecule has 0 radical (unpaired) electrons. The molecule has 0 bridgehead atoms. The zero-order chi connectivity index (χ0) is 12.0. The van der Waals surface area contributed by atoms with E-state index in [0.717, 1.165) is 11.0 Å². The Hall–Kier alpha value is -0.470. The highest BCUT2D eigenvalue weighted by Crippen LogP contribution is 2.22. The highest BCUT2D eigenvalue weighted by Gasteiger charge is 2.10. The minimum Gasteiger partial charge on any atom is -0.312 e. The summed E-state index contributed by atoms with van der Waals surface area (Å²) in [4.78, 5) is 0. The minimum atomic E-state index is 0.472. The van der Waals surface area contributed by atoms with Crippen LogP contribution < -0.4 is 5.32 Å². The SMILES string of the molecule is CCC(C)SCC(NC)c1ccc(C)cc1. The van der Waals surface area contributed by atoms with Gasteiger partial charge in [0.25, 0.3) is 0 Å². The molecule has 0 aliphatic heterocycles. The molecule has 0 saturated carbocycles. The quantitative estimate of drug-likeness (QED) is 0.808. The molecular formula is C14H23NS. The van der Waals surface area contributed by atoms with Gasteiger partial charge in [-0.15, -0.1) is 0 Å².